The van der Waals surface area contributed by atoms with Gasteiger partial charge >= 0.3 is 0 Å². The Balaban J connectivity index is 1.80. The van der Waals surface area contributed by atoms with Crippen LogP contribution in [0.1, 0.15) is 23.7 Å². The Morgan fingerprint density at radius 2 is 2.14 bits per heavy atom. The third-order valence-corrected chi connectivity index (χ3v) is 4.02. The molecule has 1 aliphatic heterocycles. The van der Waals surface area contributed by atoms with Crippen LogP contribution in [0.4, 0.5) is 0 Å². The van der Waals surface area contributed by atoms with Crippen molar-refractivity contribution in [2.24, 2.45) is 0 Å². The molecule has 1 aromatic rings. The third-order valence-electron chi connectivity index (χ3n) is 3.29. The highest BCUT2D eigenvalue weighted by atomic mass is 32.2. The van der Waals surface area contributed by atoms with Crippen molar-refractivity contribution in [2.75, 3.05) is 26.0 Å². The molecule has 2 N–H and O–H groups in total. The van der Waals surface area contributed by atoms with Crippen molar-refractivity contribution in [3.63, 3.8) is 0 Å². The number of ether oxygens (including phenoxy) is 1. The molecular weight excluding hydrogens is 292 g/mol. The Morgan fingerprint density at radius 3 is 2.90 bits per heavy atom. The summed E-state index contributed by atoms with van der Waals surface area (Å²) in [4.78, 5) is 11.7. The number of benzene rings is 1. The number of hydrogen-bond donors (Lipinski definition) is 2. The van der Waals surface area contributed by atoms with Crippen molar-refractivity contribution >= 4 is 15.9 Å². The van der Waals surface area contributed by atoms with E-state index in [1.165, 1.54) is 5.56 Å². The third kappa shape index (κ3) is 5.11. The Hall–Kier alpha value is -1.44. The molecular formula is C14H20N2O4S. The van der Waals surface area contributed by atoms with Crippen LogP contribution in [-0.2, 0) is 26.0 Å². The van der Waals surface area contributed by atoms with E-state index in [0.29, 0.717) is 13.2 Å². The molecule has 0 aliphatic carbocycles. The average molecular weight is 312 g/mol. The number of fused-ring (bicyclic) bond motifs is 1. The Labute approximate surface area is 124 Å². The molecule has 2 rings (SSSR count). The molecule has 7 heteroatoms. The molecule has 0 saturated heterocycles. The van der Waals surface area contributed by atoms with Crippen LogP contribution in [0, 0.1) is 0 Å². The molecule has 1 amide bonds. The van der Waals surface area contributed by atoms with Gasteiger partial charge in [-0.2, -0.15) is 0 Å². The van der Waals surface area contributed by atoms with Gasteiger partial charge in [-0.3, -0.25) is 4.79 Å². The monoisotopic (exact) mass is 312 g/mol. The van der Waals surface area contributed by atoms with E-state index in [1.54, 1.807) is 0 Å². The summed E-state index contributed by atoms with van der Waals surface area (Å²) in [6.45, 7) is 1.15. The number of carbonyl (C=O) groups excluding carboxylic acids is 1. The highest BCUT2D eigenvalue weighted by Crippen LogP contribution is 2.26. The van der Waals surface area contributed by atoms with Crippen LogP contribution in [0.3, 0.4) is 0 Å². The zero-order valence-electron chi connectivity index (χ0n) is 12.0. The van der Waals surface area contributed by atoms with Gasteiger partial charge in [0, 0.05) is 19.5 Å². The van der Waals surface area contributed by atoms with Crippen molar-refractivity contribution in [2.45, 2.75) is 18.9 Å². The van der Waals surface area contributed by atoms with Gasteiger partial charge in [-0.05, 0) is 17.5 Å². The van der Waals surface area contributed by atoms with E-state index in [1.807, 2.05) is 18.2 Å². The first-order valence-electron chi connectivity index (χ1n) is 6.86. The van der Waals surface area contributed by atoms with Crippen LogP contribution >= 0.6 is 0 Å². The minimum Gasteiger partial charge on any atom is -0.371 e. The second-order valence-electron chi connectivity index (χ2n) is 5.03. The van der Waals surface area contributed by atoms with Crippen LogP contribution < -0.4 is 10.0 Å². The lowest BCUT2D eigenvalue weighted by atomic mass is 9.97. The van der Waals surface area contributed by atoms with Crippen molar-refractivity contribution < 1.29 is 17.9 Å². The second-order valence-corrected chi connectivity index (χ2v) is 6.86. The molecule has 0 fully saturated rings. The van der Waals surface area contributed by atoms with Crippen molar-refractivity contribution in [1.29, 1.82) is 0 Å². The lowest BCUT2D eigenvalue weighted by molar-refractivity contribution is -0.121. The highest BCUT2D eigenvalue weighted by Gasteiger charge is 2.20. The number of amides is 1. The molecule has 0 radical (unpaired) electrons. The van der Waals surface area contributed by atoms with Gasteiger partial charge in [0.25, 0.3) is 0 Å². The molecule has 0 unspecified atom stereocenters. The molecule has 1 aromatic carbocycles. The number of sulfonamides is 1. The summed E-state index contributed by atoms with van der Waals surface area (Å²) in [5.41, 5.74) is 2.36. The fraction of sp³-hybridized carbons (Fsp3) is 0.500. The first kappa shape index (κ1) is 15.9. The topological polar surface area (TPSA) is 84.5 Å². The van der Waals surface area contributed by atoms with Gasteiger partial charge in [0.1, 0.15) is 6.10 Å². The fourth-order valence-electron chi connectivity index (χ4n) is 2.29. The van der Waals surface area contributed by atoms with E-state index in [0.717, 1.165) is 18.2 Å². The maximum absolute atomic E-state index is 11.7. The molecule has 0 spiro atoms. The summed E-state index contributed by atoms with van der Waals surface area (Å²) in [5.74, 6) is -0.196. The predicted molar refractivity (Wildman–Crippen MR) is 79.3 cm³/mol. The molecule has 1 atom stereocenters. The zero-order chi connectivity index (χ0) is 15.3. The summed E-state index contributed by atoms with van der Waals surface area (Å²) >= 11 is 0. The number of carbonyl (C=O) groups is 1. The Kier molecular flexibility index (Phi) is 5.33. The van der Waals surface area contributed by atoms with Crippen LogP contribution in [0.2, 0.25) is 0 Å². The molecule has 1 heterocycles. The highest BCUT2D eigenvalue weighted by molar-refractivity contribution is 7.88. The SMILES string of the molecule is CS(=O)(=O)NCCC(=O)NC[C@@H]1OCCc2ccccc21. The standard InChI is InChI=1S/C14H20N2O4S/c1-21(18,19)16-8-6-14(17)15-10-13-12-5-3-2-4-11(12)7-9-20-13/h2-5,13,16H,6-10H2,1H3,(H,15,17)/t13-/m0/s1. The van der Waals surface area contributed by atoms with E-state index in [-0.39, 0.29) is 25.0 Å². The van der Waals surface area contributed by atoms with Crippen molar-refractivity contribution in [3.8, 4) is 0 Å². The lowest BCUT2D eigenvalue weighted by Crippen LogP contribution is -2.34. The van der Waals surface area contributed by atoms with E-state index < -0.39 is 10.0 Å². The first-order valence-corrected chi connectivity index (χ1v) is 8.75. The summed E-state index contributed by atoms with van der Waals surface area (Å²) in [6.07, 6.45) is 1.93. The van der Waals surface area contributed by atoms with Gasteiger partial charge in [0.15, 0.2) is 0 Å². The van der Waals surface area contributed by atoms with Gasteiger partial charge in [0.2, 0.25) is 15.9 Å². The Morgan fingerprint density at radius 1 is 1.38 bits per heavy atom. The molecule has 21 heavy (non-hydrogen) atoms. The molecule has 116 valence electrons. The summed E-state index contributed by atoms with van der Waals surface area (Å²) < 4.78 is 29.8. The summed E-state index contributed by atoms with van der Waals surface area (Å²) in [5, 5.41) is 2.78. The zero-order valence-corrected chi connectivity index (χ0v) is 12.8. The minimum absolute atomic E-state index is 0.104. The van der Waals surface area contributed by atoms with Gasteiger partial charge in [-0.25, -0.2) is 13.1 Å². The van der Waals surface area contributed by atoms with Crippen LogP contribution in [0.5, 0.6) is 0 Å². The number of hydrogen-bond acceptors (Lipinski definition) is 4. The van der Waals surface area contributed by atoms with Crippen molar-refractivity contribution in [1.82, 2.24) is 10.0 Å². The number of rotatable bonds is 6. The van der Waals surface area contributed by atoms with Gasteiger partial charge in [-0.1, -0.05) is 24.3 Å². The van der Waals surface area contributed by atoms with E-state index in [9.17, 15) is 13.2 Å². The molecule has 0 saturated carbocycles. The van der Waals surface area contributed by atoms with Crippen molar-refractivity contribution in [3.05, 3.63) is 35.4 Å². The first-order chi connectivity index (χ1) is 9.96. The quantitative estimate of drug-likeness (QED) is 0.794. The van der Waals surface area contributed by atoms with Crippen LogP contribution in [0.25, 0.3) is 0 Å². The lowest BCUT2D eigenvalue weighted by Gasteiger charge is -2.26. The Bertz CT molecular complexity index is 601. The van der Waals surface area contributed by atoms with E-state index in [2.05, 4.69) is 16.1 Å². The largest absolute Gasteiger partial charge is 0.371 e. The van der Waals surface area contributed by atoms with Gasteiger partial charge in [0.05, 0.1) is 12.9 Å². The molecule has 0 bridgehead atoms. The fourth-order valence-corrected chi connectivity index (χ4v) is 2.76. The summed E-state index contributed by atoms with van der Waals surface area (Å²) in [7, 11) is -3.25. The maximum atomic E-state index is 11.7. The van der Waals surface area contributed by atoms with Gasteiger partial charge < -0.3 is 10.1 Å². The normalized spacial score (nSPS) is 18.0. The average Bonchev–Trinajstić information content (AvgIpc) is 2.43. The predicted octanol–water partition coefficient (Wildman–Crippen LogP) is 0.356. The molecule has 1 aliphatic rings. The second kappa shape index (κ2) is 7.02. The van der Waals surface area contributed by atoms with Crippen LogP contribution in [-0.4, -0.2) is 40.3 Å². The number of nitrogens with one attached hydrogen (secondary N) is 2. The maximum Gasteiger partial charge on any atom is 0.221 e. The molecule has 0 aromatic heterocycles. The van der Waals surface area contributed by atoms with E-state index in [4.69, 9.17) is 4.74 Å². The van der Waals surface area contributed by atoms with E-state index >= 15 is 0 Å². The van der Waals surface area contributed by atoms with Gasteiger partial charge in [-0.15, -0.1) is 0 Å². The smallest absolute Gasteiger partial charge is 0.221 e. The summed E-state index contributed by atoms with van der Waals surface area (Å²) in [6, 6.07) is 8.04. The van der Waals surface area contributed by atoms with Crippen LogP contribution in [0.15, 0.2) is 24.3 Å². The minimum atomic E-state index is -3.25. The molecule has 6 nitrogen and oxygen atoms in total.